The highest BCUT2D eigenvalue weighted by Gasteiger charge is 2.48. The Hall–Kier alpha value is -1.72. The van der Waals surface area contributed by atoms with Gasteiger partial charge >= 0.3 is 0 Å². The quantitative estimate of drug-likeness (QED) is 0.843. The Morgan fingerprint density at radius 2 is 2.12 bits per heavy atom. The molecule has 4 heterocycles. The second-order valence-corrected chi connectivity index (χ2v) is 8.82. The summed E-state index contributed by atoms with van der Waals surface area (Å²) >= 11 is 1.87. The smallest absolute Gasteiger partial charge is 0.230 e. The third kappa shape index (κ3) is 3.48. The number of carbonyl (C=O) groups is 1. The lowest BCUT2D eigenvalue weighted by molar-refractivity contribution is -0.146. The van der Waals surface area contributed by atoms with Crippen molar-refractivity contribution in [2.45, 2.75) is 39.3 Å². The van der Waals surface area contributed by atoms with Crippen LogP contribution in [0, 0.1) is 12.3 Å². The summed E-state index contributed by atoms with van der Waals surface area (Å²) in [6.07, 6.45) is 6.80. The first kappa shape index (κ1) is 16.7. The van der Waals surface area contributed by atoms with E-state index in [0.717, 1.165) is 51.0 Å². The van der Waals surface area contributed by atoms with Crippen LogP contribution in [-0.2, 0) is 17.9 Å². The van der Waals surface area contributed by atoms with Gasteiger partial charge in [0.2, 0.25) is 5.91 Å². The van der Waals surface area contributed by atoms with Gasteiger partial charge in [0.05, 0.1) is 5.41 Å². The molecule has 5 heteroatoms. The maximum Gasteiger partial charge on any atom is 0.230 e. The van der Waals surface area contributed by atoms with Gasteiger partial charge in [-0.05, 0) is 56.5 Å². The fourth-order valence-electron chi connectivity index (χ4n) is 4.28. The first-order valence-electron chi connectivity index (χ1n) is 9.11. The van der Waals surface area contributed by atoms with E-state index in [2.05, 4.69) is 39.9 Å². The first-order chi connectivity index (χ1) is 12.1. The van der Waals surface area contributed by atoms with Crippen molar-refractivity contribution in [3.63, 3.8) is 0 Å². The van der Waals surface area contributed by atoms with Gasteiger partial charge in [-0.3, -0.25) is 14.7 Å². The van der Waals surface area contributed by atoms with Crippen LogP contribution in [0.2, 0.25) is 0 Å². The minimum Gasteiger partial charge on any atom is -0.338 e. The highest BCUT2D eigenvalue weighted by atomic mass is 32.1. The molecule has 1 atom stereocenters. The molecule has 2 aliphatic rings. The fourth-order valence-corrected chi connectivity index (χ4v) is 5.21. The summed E-state index contributed by atoms with van der Waals surface area (Å²) < 4.78 is 0. The number of nitrogens with zero attached hydrogens (tertiary/aromatic N) is 3. The molecular formula is C20H25N3OS. The molecule has 0 radical (unpaired) electrons. The van der Waals surface area contributed by atoms with E-state index < -0.39 is 0 Å². The van der Waals surface area contributed by atoms with Crippen LogP contribution < -0.4 is 0 Å². The Labute approximate surface area is 153 Å². The lowest BCUT2D eigenvalue weighted by atomic mass is 9.78. The van der Waals surface area contributed by atoms with Gasteiger partial charge in [-0.1, -0.05) is 6.07 Å². The highest BCUT2D eigenvalue weighted by Crippen LogP contribution is 2.41. The van der Waals surface area contributed by atoms with Gasteiger partial charge in [0.1, 0.15) is 0 Å². The number of hydrogen-bond acceptors (Lipinski definition) is 4. The Balaban J connectivity index is 1.43. The van der Waals surface area contributed by atoms with Crippen LogP contribution >= 0.6 is 11.3 Å². The zero-order valence-corrected chi connectivity index (χ0v) is 15.6. The van der Waals surface area contributed by atoms with Crippen LogP contribution in [0.25, 0.3) is 0 Å². The van der Waals surface area contributed by atoms with Crippen LogP contribution in [0.1, 0.15) is 34.6 Å². The zero-order valence-electron chi connectivity index (χ0n) is 14.8. The standard InChI is InChI=1S/C20H25N3OS/c1-16-5-6-18(25-16)14-22-11-8-20(15-22)7-3-10-23(19(20)24)13-17-4-2-9-21-12-17/h2,4-6,9,12H,3,7-8,10-11,13-15H2,1H3. The largest absolute Gasteiger partial charge is 0.338 e. The van der Waals surface area contributed by atoms with Crippen LogP contribution in [0.3, 0.4) is 0 Å². The molecule has 1 spiro atoms. The van der Waals surface area contributed by atoms with E-state index >= 15 is 0 Å². The number of amides is 1. The molecule has 25 heavy (non-hydrogen) atoms. The summed E-state index contributed by atoms with van der Waals surface area (Å²) in [4.78, 5) is 24.7. The topological polar surface area (TPSA) is 36.4 Å². The van der Waals surface area contributed by atoms with E-state index in [0.29, 0.717) is 12.5 Å². The highest BCUT2D eigenvalue weighted by molar-refractivity contribution is 7.11. The maximum atomic E-state index is 13.2. The normalized spacial score (nSPS) is 24.4. The number of piperidine rings is 1. The van der Waals surface area contributed by atoms with Gasteiger partial charge in [-0.15, -0.1) is 11.3 Å². The molecular weight excluding hydrogens is 330 g/mol. The molecule has 0 bridgehead atoms. The predicted molar refractivity (Wildman–Crippen MR) is 100 cm³/mol. The molecule has 0 N–H and O–H groups in total. The number of carbonyl (C=O) groups excluding carboxylic acids is 1. The Bertz CT molecular complexity index is 744. The second kappa shape index (κ2) is 6.89. The van der Waals surface area contributed by atoms with E-state index in [-0.39, 0.29) is 5.41 Å². The lowest BCUT2D eigenvalue weighted by Gasteiger charge is -2.39. The molecule has 0 aliphatic carbocycles. The minimum absolute atomic E-state index is 0.160. The summed E-state index contributed by atoms with van der Waals surface area (Å²) in [5.41, 5.74) is 0.962. The molecule has 2 aliphatic heterocycles. The molecule has 132 valence electrons. The fraction of sp³-hybridized carbons (Fsp3) is 0.500. The number of hydrogen-bond donors (Lipinski definition) is 0. The Morgan fingerprint density at radius 3 is 2.88 bits per heavy atom. The number of pyridine rings is 1. The number of rotatable bonds is 4. The van der Waals surface area contributed by atoms with Crippen molar-refractivity contribution in [3.05, 3.63) is 52.0 Å². The lowest BCUT2D eigenvalue weighted by Crippen LogP contribution is -2.49. The third-order valence-electron chi connectivity index (χ3n) is 5.53. The van der Waals surface area contributed by atoms with E-state index in [1.54, 1.807) is 6.20 Å². The minimum atomic E-state index is -0.160. The molecule has 0 aromatic carbocycles. The van der Waals surface area contributed by atoms with E-state index in [1.165, 1.54) is 9.75 Å². The molecule has 0 saturated carbocycles. The van der Waals surface area contributed by atoms with Crippen LogP contribution in [0.5, 0.6) is 0 Å². The number of aromatic nitrogens is 1. The summed E-state index contributed by atoms with van der Waals surface area (Å²) in [6.45, 7) is 6.64. The van der Waals surface area contributed by atoms with Gasteiger partial charge < -0.3 is 4.90 Å². The van der Waals surface area contributed by atoms with Crippen LogP contribution in [-0.4, -0.2) is 40.3 Å². The average Bonchev–Trinajstić information content (AvgIpc) is 3.21. The number of likely N-dealkylation sites (tertiary alicyclic amines) is 2. The summed E-state index contributed by atoms with van der Waals surface area (Å²) in [5, 5.41) is 0. The molecule has 2 aromatic heterocycles. The molecule has 1 amide bonds. The van der Waals surface area contributed by atoms with Crippen molar-refractivity contribution >= 4 is 17.2 Å². The molecule has 1 unspecified atom stereocenters. The van der Waals surface area contributed by atoms with Crippen molar-refractivity contribution in [2.75, 3.05) is 19.6 Å². The van der Waals surface area contributed by atoms with Gasteiger partial charge in [0.25, 0.3) is 0 Å². The van der Waals surface area contributed by atoms with Crippen molar-refractivity contribution in [1.82, 2.24) is 14.8 Å². The average molecular weight is 356 g/mol. The molecule has 2 fully saturated rings. The van der Waals surface area contributed by atoms with Gasteiger partial charge in [-0.25, -0.2) is 0 Å². The SMILES string of the molecule is Cc1ccc(CN2CCC3(CCCN(Cc4cccnc4)C3=O)C2)s1. The molecule has 4 nitrogen and oxygen atoms in total. The van der Waals surface area contributed by atoms with Crippen molar-refractivity contribution in [2.24, 2.45) is 5.41 Å². The van der Waals surface area contributed by atoms with E-state index in [4.69, 9.17) is 0 Å². The summed E-state index contributed by atoms with van der Waals surface area (Å²) in [7, 11) is 0. The van der Waals surface area contributed by atoms with Crippen molar-refractivity contribution in [1.29, 1.82) is 0 Å². The molecule has 2 saturated heterocycles. The summed E-state index contributed by atoms with van der Waals surface area (Å²) in [6, 6.07) is 8.41. The number of thiophene rings is 1. The van der Waals surface area contributed by atoms with Gasteiger partial charge in [0.15, 0.2) is 0 Å². The predicted octanol–water partition coefficient (Wildman–Crippen LogP) is 3.47. The first-order valence-corrected chi connectivity index (χ1v) is 9.92. The van der Waals surface area contributed by atoms with Crippen molar-refractivity contribution in [3.8, 4) is 0 Å². The summed E-state index contributed by atoms with van der Waals surface area (Å²) in [5.74, 6) is 0.354. The van der Waals surface area contributed by atoms with Gasteiger partial charge in [-0.2, -0.15) is 0 Å². The number of aryl methyl sites for hydroxylation is 1. The third-order valence-corrected chi connectivity index (χ3v) is 6.51. The van der Waals surface area contributed by atoms with Crippen molar-refractivity contribution < 1.29 is 4.79 Å². The van der Waals surface area contributed by atoms with Gasteiger partial charge in [0, 0.05) is 48.3 Å². The Morgan fingerprint density at radius 1 is 1.20 bits per heavy atom. The molecule has 2 aromatic rings. The second-order valence-electron chi connectivity index (χ2n) is 7.44. The maximum absolute atomic E-state index is 13.2. The van der Waals surface area contributed by atoms with Crippen LogP contribution in [0.4, 0.5) is 0 Å². The monoisotopic (exact) mass is 355 g/mol. The van der Waals surface area contributed by atoms with Crippen LogP contribution in [0.15, 0.2) is 36.7 Å². The zero-order chi connectivity index (χ0) is 17.3. The van der Waals surface area contributed by atoms with E-state index in [9.17, 15) is 4.79 Å². The van der Waals surface area contributed by atoms with E-state index in [1.807, 2.05) is 23.6 Å². The Kier molecular flexibility index (Phi) is 4.61. The molecule has 4 rings (SSSR count).